The summed E-state index contributed by atoms with van der Waals surface area (Å²) >= 11 is 7.88. The van der Waals surface area contributed by atoms with Crippen LogP contribution in [0.4, 0.5) is 4.39 Å². The number of furan rings is 1. The minimum absolute atomic E-state index is 0.103. The highest BCUT2D eigenvalue weighted by Gasteiger charge is 2.34. The number of fused-ring (bicyclic) bond motifs is 1. The zero-order chi connectivity index (χ0) is 23.5. The molecule has 5 rings (SSSR count). The van der Waals surface area contributed by atoms with Crippen LogP contribution in [0.1, 0.15) is 16.7 Å². The molecule has 170 valence electrons. The van der Waals surface area contributed by atoms with Gasteiger partial charge < -0.3 is 10.2 Å². The number of pyridine rings is 1. The van der Waals surface area contributed by atoms with Crippen molar-refractivity contribution in [3.63, 3.8) is 0 Å². The summed E-state index contributed by atoms with van der Waals surface area (Å²) in [6, 6.07) is 7.68. The molecule has 7 nitrogen and oxygen atoms in total. The summed E-state index contributed by atoms with van der Waals surface area (Å²) in [6.45, 7) is 1.82. The van der Waals surface area contributed by atoms with Crippen LogP contribution >= 0.6 is 22.9 Å². The molecule has 11 heteroatoms. The lowest BCUT2D eigenvalue weighted by Gasteiger charge is -2.26. The maximum atomic E-state index is 15.2. The number of sulfonamides is 1. The third-order valence-corrected chi connectivity index (χ3v) is 9.25. The van der Waals surface area contributed by atoms with Crippen molar-refractivity contribution in [2.75, 3.05) is 12.8 Å². The van der Waals surface area contributed by atoms with Gasteiger partial charge in [-0.05, 0) is 36.8 Å². The van der Waals surface area contributed by atoms with Gasteiger partial charge in [-0.1, -0.05) is 17.7 Å². The molecular weight excluding hydrogens is 487 g/mol. The molecule has 33 heavy (non-hydrogen) atoms. The average Bonchev–Trinajstić information content (AvgIpc) is 3.35. The number of thiophene rings is 1. The van der Waals surface area contributed by atoms with Gasteiger partial charge in [0.2, 0.25) is 16.0 Å². The highest BCUT2D eigenvalue weighted by Crippen LogP contribution is 2.45. The van der Waals surface area contributed by atoms with Gasteiger partial charge in [-0.3, -0.25) is 4.98 Å². The summed E-state index contributed by atoms with van der Waals surface area (Å²) in [5.74, 6) is -0.102. The number of hydrogen-bond donors (Lipinski definition) is 1. The third-order valence-electron chi connectivity index (χ3n) is 5.66. The molecule has 0 fully saturated rings. The molecule has 4 aromatic rings. The number of hydrogen-bond acceptors (Lipinski definition) is 7. The van der Waals surface area contributed by atoms with Gasteiger partial charge in [-0.25, -0.2) is 22.1 Å². The van der Waals surface area contributed by atoms with Gasteiger partial charge in [0, 0.05) is 29.8 Å². The Hall–Kier alpha value is -2.95. The first kappa shape index (κ1) is 21.9. The summed E-state index contributed by atoms with van der Waals surface area (Å²) in [5, 5.41) is 1.02. The molecule has 1 aromatic carbocycles. The predicted molar refractivity (Wildman–Crippen MR) is 128 cm³/mol. The van der Waals surface area contributed by atoms with E-state index < -0.39 is 21.9 Å². The average molecular weight is 505 g/mol. The van der Waals surface area contributed by atoms with E-state index in [1.165, 1.54) is 24.5 Å². The first-order valence-electron chi connectivity index (χ1n) is 9.88. The van der Waals surface area contributed by atoms with Crippen LogP contribution in [0.2, 0.25) is 5.02 Å². The molecule has 1 atom stereocenters. The molecule has 0 spiro atoms. The first-order chi connectivity index (χ1) is 15.7. The summed E-state index contributed by atoms with van der Waals surface area (Å²) in [5.41, 5.74) is 8.07. The molecule has 0 saturated heterocycles. The van der Waals surface area contributed by atoms with Crippen LogP contribution in [0, 0.1) is 12.7 Å². The molecule has 2 N–H and O–H groups in total. The van der Waals surface area contributed by atoms with Crippen LogP contribution in [-0.2, 0) is 10.0 Å². The van der Waals surface area contributed by atoms with Crippen molar-refractivity contribution in [3.8, 4) is 22.4 Å². The quantitative estimate of drug-likeness (QED) is 0.425. The lowest BCUT2D eigenvalue weighted by Crippen LogP contribution is -2.44. The maximum absolute atomic E-state index is 15.2. The fourth-order valence-electron chi connectivity index (χ4n) is 3.84. The van der Waals surface area contributed by atoms with E-state index in [-0.39, 0.29) is 11.7 Å². The van der Waals surface area contributed by atoms with Crippen LogP contribution in [0.25, 0.3) is 32.5 Å². The number of halogens is 2. The highest BCUT2D eigenvalue weighted by atomic mass is 35.5. The van der Waals surface area contributed by atoms with Crippen LogP contribution < -0.4 is 5.73 Å². The molecular formula is C22H18ClFN4O3S2. The van der Waals surface area contributed by atoms with Crippen molar-refractivity contribution in [2.24, 2.45) is 10.7 Å². The van der Waals surface area contributed by atoms with Gasteiger partial charge in [0.15, 0.2) is 0 Å². The van der Waals surface area contributed by atoms with Crippen LogP contribution in [-0.4, -0.2) is 36.5 Å². The lowest BCUT2D eigenvalue weighted by molar-refractivity contribution is 0.532. The van der Waals surface area contributed by atoms with E-state index >= 15 is 4.39 Å². The van der Waals surface area contributed by atoms with Crippen molar-refractivity contribution < 1.29 is 17.2 Å². The number of aryl methyl sites for hydroxylation is 1. The van der Waals surface area contributed by atoms with E-state index in [0.29, 0.717) is 42.6 Å². The molecule has 0 bridgehead atoms. The van der Waals surface area contributed by atoms with Crippen molar-refractivity contribution in [2.45, 2.75) is 13.0 Å². The first-order valence-corrected chi connectivity index (χ1v) is 12.7. The second-order valence-electron chi connectivity index (χ2n) is 7.65. The smallest absolute Gasteiger partial charge is 0.239 e. The van der Waals surface area contributed by atoms with Crippen molar-refractivity contribution in [1.29, 1.82) is 0 Å². The molecule has 1 unspecified atom stereocenters. The Bertz CT molecular complexity index is 1540. The monoisotopic (exact) mass is 504 g/mol. The van der Waals surface area contributed by atoms with E-state index in [0.717, 1.165) is 9.87 Å². The number of guanidine groups is 1. The zero-order valence-corrected chi connectivity index (χ0v) is 19.9. The van der Waals surface area contributed by atoms with E-state index in [1.807, 2.05) is 6.92 Å². The maximum Gasteiger partial charge on any atom is 0.239 e. The van der Waals surface area contributed by atoms with E-state index in [9.17, 15) is 8.42 Å². The molecule has 0 saturated carbocycles. The number of aliphatic imine (C=N–C) groups is 1. The number of aromatic nitrogens is 1. The van der Waals surface area contributed by atoms with Crippen molar-refractivity contribution >= 4 is 49.0 Å². The summed E-state index contributed by atoms with van der Waals surface area (Å²) in [6.07, 6.45) is 3.11. The van der Waals surface area contributed by atoms with Crippen LogP contribution in [0.5, 0.6) is 0 Å². The zero-order valence-electron chi connectivity index (χ0n) is 17.5. The van der Waals surface area contributed by atoms with Crippen LogP contribution in [0.3, 0.4) is 0 Å². The van der Waals surface area contributed by atoms with Gasteiger partial charge in [0.05, 0.1) is 32.3 Å². The van der Waals surface area contributed by atoms with Crippen molar-refractivity contribution in [1.82, 2.24) is 9.29 Å². The van der Waals surface area contributed by atoms with Gasteiger partial charge in [-0.2, -0.15) is 0 Å². The largest absolute Gasteiger partial charge is 0.469 e. The highest BCUT2D eigenvalue weighted by molar-refractivity contribution is 7.89. The SMILES string of the molecule is Cc1occc1-c1ccc(-c2nccc3c(Cl)c(C4CS(=O)(=O)N(C)C(N)=N4)sc23)c(F)c1. The van der Waals surface area contributed by atoms with E-state index in [2.05, 4.69) is 9.98 Å². The standard InChI is InChI=1S/C22H18ClFN4O3S2/c1-11-13(6-8-31-11)12-3-4-14(16(24)9-12)19-20-15(5-7-26-19)18(23)21(32-20)17-10-33(29,30)28(2)22(25)27-17/h3-9,17H,10H2,1-2H3,(H2,25,27). The Labute approximate surface area is 198 Å². The Morgan fingerprint density at radius 3 is 2.73 bits per heavy atom. The molecule has 0 amide bonds. The second-order valence-corrected chi connectivity index (χ2v) is 11.1. The predicted octanol–water partition coefficient (Wildman–Crippen LogP) is 4.96. The molecule has 1 aliphatic heterocycles. The fraction of sp³-hybridized carbons (Fsp3) is 0.182. The molecule has 3 aromatic heterocycles. The summed E-state index contributed by atoms with van der Waals surface area (Å²) in [7, 11) is -2.26. The Balaban J connectivity index is 1.63. The Morgan fingerprint density at radius 1 is 1.27 bits per heavy atom. The van der Waals surface area contributed by atoms with Gasteiger partial charge >= 0.3 is 0 Å². The van der Waals surface area contributed by atoms with E-state index in [1.54, 1.807) is 36.7 Å². The normalized spacial score (nSPS) is 18.0. The Kier molecular flexibility index (Phi) is 5.19. The van der Waals surface area contributed by atoms with Gasteiger partial charge in [0.1, 0.15) is 17.6 Å². The fourth-order valence-corrected chi connectivity index (χ4v) is 6.83. The number of nitrogens with zero attached hydrogens (tertiary/aromatic N) is 3. The van der Waals surface area contributed by atoms with E-state index in [4.69, 9.17) is 21.8 Å². The molecule has 4 heterocycles. The lowest BCUT2D eigenvalue weighted by atomic mass is 10.0. The third kappa shape index (κ3) is 3.58. The van der Waals surface area contributed by atoms with Crippen LogP contribution in [0.15, 0.2) is 52.2 Å². The molecule has 0 aliphatic carbocycles. The van der Waals surface area contributed by atoms with Gasteiger partial charge in [0.25, 0.3) is 0 Å². The molecule has 1 aliphatic rings. The summed E-state index contributed by atoms with van der Waals surface area (Å²) in [4.78, 5) is 9.27. The topological polar surface area (TPSA) is 102 Å². The number of rotatable bonds is 3. The van der Waals surface area contributed by atoms with Gasteiger partial charge in [-0.15, -0.1) is 11.3 Å². The summed E-state index contributed by atoms with van der Waals surface area (Å²) < 4.78 is 47.0. The minimum atomic E-state index is -3.62. The Morgan fingerprint density at radius 2 is 2.06 bits per heavy atom. The number of nitrogens with two attached hydrogens (primary N) is 1. The molecule has 0 radical (unpaired) electrons. The van der Waals surface area contributed by atoms with Crippen molar-refractivity contribution in [3.05, 3.63) is 64.3 Å². The number of benzene rings is 1. The minimum Gasteiger partial charge on any atom is -0.469 e. The second kappa shape index (κ2) is 7.82.